The highest BCUT2D eigenvalue weighted by molar-refractivity contribution is 7.13. The minimum atomic E-state index is -4.44. The zero-order chi connectivity index (χ0) is 21.1. The van der Waals surface area contributed by atoms with Crippen LogP contribution in [0.3, 0.4) is 0 Å². The lowest BCUT2D eigenvalue weighted by Crippen LogP contribution is -2.04. The monoisotopic (exact) mass is 420 g/mol. The van der Waals surface area contributed by atoms with Crippen molar-refractivity contribution in [3.8, 4) is 23.7 Å². The number of hydrogen-bond donors (Lipinski definition) is 0. The summed E-state index contributed by atoms with van der Waals surface area (Å²) in [6.07, 6.45) is -8.88. The van der Waals surface area contributed by atoms with E-state index in [4.69, 9.17) is 0 Å². The van der Waals surface area contributed by atoms with Crippen LogP contribution in [-0.2, 0) is 12.4 Å². The molecule has 0 unspecified atom stereocenters. The van der Waals surface area contributed by atoms with Crippen LogP contribution >= 0.6 is 11.3 Å². The molecule has 3 rings (SSSR count). The maximum absolute atomic E-state index is 12.7. The van der Waals surface area contributed by atoms with Gasteiger partial charge in [-0.3, -0.25) is 0 Å². The summed E-state index contributed by atoms with van der Waals surface area (Å²) in [4.78, 5) is 1.16. The van der Waals surface area contributed by atoms with E-state index in [0.717, 1.165) is 24.3 Å². The summed E-state index contributed by atoms with van der Waals surface area (Å²) in [6.45, 7) is 0. The van der Waals surface area contributed by atoms with E-state index in [0.29, 0.717) is 9.75 Å². The summed E-state index contributed by atoms with van der Waals surface area (Å²) in [6, 6.07) is 12.7. The average Bonchev–Trinajstić information content (AvgIpc) is 3.12. The predicted octanol–water partition coefficient (Wildman–Crippen LogP) is 6.59. The lowest BCUT2D eigenvalue weighted by atomic mass is 10.1. The quantitative estimate of drug-likeness (QED) is 0.285. The first kappa shape index (κ1) is 20.6. The minimum Gasteiger partial charge on any atom is -0.166 e. The fourth-order valence-electron chi connectivity index (χ4n) is 2.29. The van der Waals surface area contributed by atoms with Gasteiger partial charge in [-0.1, -0.05) is 35.8 Å². The summed E-state index contributed by atoms with van der Waals surface area (Å²) in [5.41, 5.74) is -1.10. The first-order chi connectivity index (χ1) is 13.6. The van der Waals surface area contributed by atoms with Crippen molar-refractivity contribution in [2.24, 2.45) is 0 Å². The molecule has 0 aliphatic rings. The number of thiophene rings is 1. The van der Waals surface area contributed by atoms with Crippen LogP contribution in [0, 0.1) is 23.7 Å². The topological polar surface area (TPSA) is 0 Å². The molecule has 1 heterocycles. The average molecular weight is 420 g/mol. The van der Waals surface area contributed by atoms with Gasteiger partial charge in [-0.05, 0) is 48.5 Å². The second-order valence-corrected chi connectivity index (χ2v) is 6.90. The molecule has 0 atom stereocenters. The Bertz CT molecular complexity index is 1050. The van der Waals surface area contributed by atoms with Gasteiger partial charge in [0.1, 0.15) is 0 Å². The lowest BCUT2D eigenvalue weighted by Gasteiger charge is -2.05. The van der Waals surface area contributed by atoms with Crippen LogP contribution in [0.1, 0.15) is 32.0 Å². The molecule has 0 aliphatic heterocycles. The van der Waals surface area contributed by atoms with Crippen molar-refractivity contribution in [1.82, 2.24) is 0 Å². The first-order valence-corrected chi connectivity index (χ1v) is 8.91. The molecule has 146 valence electrons. The third kappa shape index (κ3) is 5.66. The third-order valence-electron chi connectivity index (χ3n) is 3.65. The van der Waals surface area contributed by atoms with Gasteiger partial charge in [0.05, 0.1) is 20.9 Å². The van der Waals surface area contributed by atoms with Crippen molar-refractivity contribution in [3.63, 3.8) is 0 Å². The van der Waals surface area contributed by atoms with Crippen LogP contribution in [0.25, 0.3) is 0 Å². The predicted molar refractivity (Wildman–Crippen MR) is 99.2 cm³/mol. The molecular formula is C22H10F6S. The van der Waals surface area contributed by atoms with Gasteiger partial charge in [0.15, 0.2) is 0 Å². The van der Waals surface area contributed by atoms with E-state index in [1.807, 2.05) is 0 Å². The molecule has 0 amide bonds. The van der Waals surface area contributed by atoms with Gasteiger partial charge in [-0.2, -0.15) is 26.3 Å². The van der Waals surface area contributed by atoms with Gasteiger partial charge < -0.3 is 0 Å². The van der Waals surface area contributed by atoms with E-state index < -0.39 is 23.5 Å². The number of halogens is 6. The Kier molecular flexibility index (Phi) is 5.72. The Balaban J connectivity index is 1.77. The van der Waals surface area contributed by atoms with Crippen molar-refractivity contribution in [2.75, 3.05) is 0 Å². The van der Waals surface area contributed by atoms with Crippen LogP contribution in [0.4, 0.5) is 26.3 Å². The van der Waals surface area contributed by atoms with Crippen molar-refractivity contribution < 1.29 is 26.3 Å². The number of hydrogen-bond acceptors (Lipinski definition) is 1. The van der Waals surface area contributed by atoms with Crippen LogP contribution in [0.2, 0.25) is 0 Å². The van der Waals surface area contributed by atoms with Crippen LogP contribution < -0.4 is 0 Å². The van der Waals surface area contributed by atoms with E-state index in [2.05, 4.69) is 23.7 Å². The Labute approximate surface area is 166 Å². The Morgan fingerprint density at radius 3 is 1.34 bits per heavy atom. The van der Waals surface area contributed by atoms with E-state index >= 15 is 0 Å². The molecular weight excluding hydrogens is 410 g/mol. The second kappa shape index (κ2) is 8.06. The highest BCUT2D eigenvalue weighted by atomic mass is 32.1. The van der Waals surface area contributed by atoms with E-state index in [-0.39, 0.29) is 11.1 Å². The van der Waals surface area contributed by atoms with Gasteiger partial charge in [0.25, 0.3) is 0 Å². The summed E-state index contributed by atoms with van der Waals surface area (Å²) >= 11 is 1.20. The van der Waals surface area contributed by atoms with Crippen molar-refractivity contribution in [1.29, 1.82) is 0 Å². The highest BCUT2D eigenvalue weighted by Crippen LogP contribution is 2.30. The molecule has 7 heteroatoms. The molecule has 0 radical (unpaired) electrons. The molecule has 2 aromatic carbocycles. The lowest BCUT2D eigenvalue weighted by molar-refractivity contribution is -0.138. The molecule has 0 bridgehead atoms. The van der Waals surface area contributed by atoms with Gasteiger partial charge in [0, 0.05) is 11.1 Å². The van der Waals surface area contributed by atoms with Crippen LogP contribution in [-0.4, -0.2) is 0 Å². The fraction of sp³-hybridized carbons (Fsp3) is 0.0909. The van der Waals surface area contributed by atoms with Crippen molar-refractivity contribution >= 4 is 11.3 Å². The SMILES string of the molecule is FC(F)(F)c1cccc(C#Cc2ccc(C#Cc3cccc(C(F)(F)F)c3)s2)c1. The second-order valence-electron chi connectivity index (χ2n) is 5.82. The molecule has 29 heavy (non-hydrogen) atoms. The Hall–Kier alpha value is -3.16. The molecule has 0 fully saturated rings. The first-order valence-electron chi connectivity index (χ1n) is 8.10. The summed E-state index contributed by atoms with van der Waals surface area (Å²) in [5, 5.41) is 0. The standard InChI is InChI=1S/C22H10F6S/c23-21(24,25)17-5-1-3-15(13-17)7-9-19-11-12-20(29-19)10-8-16-4-2-6-18(14-16)22(26,27)28/h1-6,11-14H. The minimum absolute atomic E-state index is 0.227. The number of benzene rings is 2. The van der Waals surface area contributed by atoms with E-state index in [9.17, 15) is 26.3 Å². The Morgan fingerprint density at radius 1 is 0.552 bits per heavy atom. The Morgan fingerprint density at radius 2 is 0.966 bits per heavy atom. The van der Waals surface area contributed by atoms with E-state index in [1.165, 1.54) is 35.6 Å². The molecule has 0 spiro atoms. The summed E-state index contributed by atoms with van der Waals surface area (Å²) in [5.74, 6) is 10.9. The normalized spacial score (nSPS) is 11.2. The molecule has 3 aromatic rings. The number of alkyl halides is 6. The van der Waals surface area contributed by atoms with Crippen molar-refractivity contribution in [3.05, 3.63) is 92.7 Å². The van der Waals surface area contributed by atoms with E-state index in [1.54, 1.807) is 12.1 Å². The molecule has 0 saturated carbocycles. The van der Waals surface area contributed by atoms with Crippen molar-refractivity contribution in [2.45, 2.75) is 12.4 Å². The molecule has 0 N–H and O–H groups in total. The van der Waals surface area contributed by atoms with Crippen LogP contribution in [0.5, 0.6) is 0 Å². The number of rotatable bonds is 0. The molecule has 1 aromatic heterocycles. The summed E-state index contributed by atoms with van der Waals surface area (Å²) < 4.78 is 76.4. The molecule has 0 saturated heterocycles. The fourth-order valence-corrected chi connectivity index (χ4v) is 3.00. The maximum atomic E-state index is 12.7. The van der Waals surface area contributed by atoms with Gasteiger partial charge >= 0.3 is 12.4 Å². The maximum Gasteiger partial charge on any atom is 0.416 e. The largest absolute Gasteiger partial charge is 0.416 e. The zero-order valence-electron chi connectivity index (χ0n) is 14.4. The van der Waals surface area contributed by atoms with Gasteiger partial charge in [-0.15, -0.1) is 11.3 Å². The van der Waals surface area contributed by atoms with Gasteiger partial charge in [0.2, 0.25) is 0 Å². The van der Waals surface area contributed by atoms with Gasteiger partial charge in [-0.25, -0.2) is 0 Å². The third-order valence-corrected chi connectivity index (χ3v) is 4.56. The zero-order valence-corrected chi connectivity index (χ0v) is 15.3. The van der Waals surface area contributed by atoms with Crippen LogP contribution in [0.15, 0.2) is 60.7 Å². The molecule has 0 aliphatic carbocycles. The highest BCUT2D eigenvalue weighted by Gasteiger charge is 2.30. The molecule has 0 nitrogen and oxygen atoms in total. The summed E-state index contributed by atoms with van der Waals surface area (Å²) in [7, 11) is 0. The smallest absolute Gasteiger partial charge is 0.166 e.